The topological polar surface area (TPSA) is 24.7 Å². The Morgan fingerprint density at radius 2 is 1.54 bits per heavy atom. The number of quaternary nitrogens is 2. The van der Waals surface area contributed by atoms with Gasteiger partial charge in [-0.1, -0.05) is 48.5 Å². The highest BCUT2D eigenvalue weighted by molar-refractivity contribution is 5.85. The molecule has 3 nitrogen and oxygen atoms in total. The lowest BCUT2D eigenvalue weighted by Gasteiger charge is -2.34. The van der Waals surface area contributed by atoms with Crippen LogP contribution in [0, 0.1) is 6.92 Å². The standard InChI is InChI=1S/C21H25N3/c1-16-20(18-10-6-7-11-19(18)22-16)21(17-8-4-3-5-9-17)24-14-12-23(2)13-15-24/h3-11,21-22H,12-15H2,1-2H3/p+2/t21-/m0/s1. The molecule has 1 fully saturated rings. The summed E-state index contributed by atoms with van der Waals surface area (Å²) in [6.07, 6.45) is 0. The van der Waals surface area contributed by atoms with Crippen molar-refractivity contribution >= 4 is 10.9 Å². The van der Waals surface area contributed by atoms with Gasteiger partial charge in [0.2, 0.25) is 0 Å². The van der Waals surface area contributed by atoms with Crippen LogP contribution in [0.4, 0.5) is 0 Å². The molecular formula is C21H27N3+2. The molecule has 1 aliphatic heterocycles. The molecule has 24 heavy (non-hydrogen) atoms. The zero-order valence-electron chi connectivity index (χ0n) is 14.6. The van der Waals surface area contributed by atoms with Gasteiger partial charge in [-0.15, -0.1) is 0 Å². The van der Waals surface area contributed by atoms with Crippen molar-refractivity contribution in [1.29, 1.82) is 0 Å². The first-order valence-corrected chi connectivity index (χ1v) is 9.02. The number of piperazine rings is 1. The van der Waals surface area contributed by atoms with E-state index >= 15 is 0 Å². The van der Waals surface area contributed by atoms with E-state index in [0.717, 1.165) is 0 Å². The summed E-state index contributed by atoms with van der Waals surface area (Å²) in [6.45, 7) is 7.18. The zero-order valence-corrected chi connectivity index (χ0v) is 14.6. The summed E-state index contributed by atoms with van der Waals surface area (Å²) in [4.78, 5) is 6.95. The van der Waals surface area contributed by atoms with E-state index in [1.165, 1.54) is 53.9 Å². The van der Waals surface area contributed by atoms with Crippen molar-refractivity contribution in [2.24, 2.45) is 0 Å². The second kappa shape index (κ2) is 6.42. The third-order valence-corrected chi connectivity index (χ3v) is 5.52. The quantitative estimate of drug-likeness (QED) is 0.641. The number of fused-ring (bicyclic) bond motifs is 1. The molecule has 1 aliphatic rings. The SMILES string of the molecule is Cc1[nH]c2ccccc2c1[C@H](c1ccccc1)[NH+]1CC[NH+](C)CC1. The van der Waals surface area contributed by atoms with Crippen molar-refractivity contribution in [2.45, 2.75) is 13.0 Å². The average molecular weight is 321 g/mol. The number of aryl methyl sites for hydroxylation is 1. The minimum Gasteiger partial charge on any atom is -0.358 e. The predicted octanol–water partition coefficient (Wildman–Crippen LogP) is 0.979. The molecule has 0 saturated carbocycles. The molecule has 3 N–H and O–H groups in total. The van der Waals surface area contributed by atoms with Gasteiger partial charge >= 0.3 is 0 Å². The first-order chi connectivity index (χ1) is 11.7. The van der Waals surface area contributed by atoms with Crippen LogP contribution in [0.25, 0.3) is 10.9 Å². The molecular weight excluding hydrogens is 294 g/mol. The van der Waals surface area contributed by atoms with Gasteiger partial charge in [0.05, 0.1) is 7.05 Å². The van der Waals surface area contributed by atoms with Crippen LogP contribution < -0.4 is 9.80 Å². The van der Waals surface area contributed by atoms with Gasteiger partial charge in [-0.2, -0.15) is 0 Å². The zero-order chi connectivity index (χ0) is 16.5. The minimum atomic E-state index is 0.412. The van der Waals surface area contributed by atoms with E-state index in [1.54, 1.807) is 9.80 Å². The normalized spacial score (nSPS) is 22.6. The fourth-order valence-corrected chi connectivity index (χ4v) is 4.21. The molecule has 1 atom stereocenters. The van der Waals surface area contributed by atoms with E-state index in [-0.39, 0.29) is 0 Å². The fraction of sp³-hybridized carbons (Fsp3) is 0.333. The van der Waals surface area contributed by atoms with Gasteiger partial charge in [0.1, 0.15) is 32.2 Å². The Hall–Kier alpha value is -2.10. The second-order valence-corrected chi connectivity index (χ2v) is 7.17. The molecule has 1 saturated heterocycles. The number of nitrogens with one attached hydrogen (secondary N) is 3. The molecule has 0 amide bonds. The molecule has 0 bridgehead atoms. The third-order valence-electron chi connectivity index (χ3n) is 5.52. The Kier molecular flexibility index (Phi) is 4.13. The Balaban J connectivity index is 1.84. The number of aromatic nitrogens is 1. The summed E-state index contributed by atoms with van der Waals surface area (Å²) < 4.78 is 0. The molecule has 0 aliphatic carbocycles. The summed E-state index contributed by atoms with van der Waals surface area (Å²) >= 11 is 0. The lowest BCUT2D eigenvalue weighted by molar-refractivity contribution is -1.02. The van der Waals surface area contributed by atoms with E-state index in [1.807, 2.05) is 0 Å². The van der Waals surface area contributed by atoms with Crippen molar-refractivity contribution in [3.63, 3.8) is 0 Å². The summed E-state index contributed by atoms with van der Waals surface area (Å²) in [7, 11) is 2.31. The largest absolute Gasteiger partial charge is 0.358 e. The maximum Gasteiger partial charge on any atom is 0.142 e. The Morgan fingerprint density at radius 3 is 2.29 bits per heavy atom. The Morgan fingerprint density at radius 1 is 0.875 bits per heavy atom. The number of benzene rings is 2. The molecule has 0 unspecified atom stereocenters. The lowest BCUT2D eigenvalue weighted by atomic mass is 9.94. The van der Waals surface area contributed by atoms with Gasteiger partial charge in [-0.3, -0.25) is 0 Å². The number of hydrogen-bond donors (Lipinski definition) is 3. The summed E-state index contributed by atoms with van der Waals surface area (Å²) in [5, 5.41) is 1.38. The number of hydrogen-bond acceptors (Lipinski definition) is 0. The van der Waals surface area contributed by atoms with E-state index in [4.69, 9.17) is 0 Å². The number of H-pyrrole nitrogens is 1. The van der Waals surface area contributed by atoms with Crippen LogP contribution in [-0.2, 0) is 0 Å². The van der Waals surface area contributed by atoms with Crippen molar-refractivity contribution in [3.05, 3.63) is 71.4 Å². The van der Waals surface area contributed by atoms with Crippen molar-refractivity contribution in [2.75, 3.05) is 33.2 Å². The highest BCUT2D eigenvalue weighted by atomic mass is 15.3. The van der Waals surface area contributed by atoms with Crippen LogP contribution in [0.15, 0.2) is 54.6 Å². The van der Waals surface area contributed by atoms with Crippen LogP contribution in [-0.4, -0.2) is 38.2 Å². The number of aromatic amines is 1. The molecule has 4 rings (SSSR count). The van der Waals surface area contributed by atoms with Gasteiger partial charge in [0, 0.05) is 27.7 Å². The second-order valence-electron chi connectivity index (χ2n) is 7.17. The maximum atomic E-state index is 3.61. The molecule has 0 spiro atoms. The van der Waals surface area contributed by atoms with E-state index in [9.17, 15) is 0 Å². The van der Waals surface area contributed by atoms with Crippen LogP contribution in [0.2, 0.25) is 0 Å². The smallest absolute Gasteiger partial charge is 0.142 e. The number of para-hydroxylation sites is 1. The monoisotopic (exact) mass is 321 g/mol. The molecule has 3 heteroatoms. The minimum absolute atomic E-state index is 0.412. The van der Waals surface area contributed by atoms with Crippen molar-refractivity contribution in [3.8, 4) is 0 Å². The summed E-state index contributed by atoms with van der Waals surface area (Å²) in [6, 6.07) is 20.2. The highest BCUT2D eigenvalue weighted by Crippen LogP contribution is 2.30. The Labute approximate surface area is 143 Å². The van der Waals surface area contributed by atoms with Gasteiger partial charge in [-0.25, -0.2) is 0 Å². The first-order valence-electron chi connectivity index (χ1n) is 9.02. The molecule has 0 radical (unpaired) electrons. The lowest BCUT2D eigenvalue weighted by Crippen LogP contribution is -3.27. The van der Waals surface area contributed by atoms with Gasteiger partial charge in [-0.05, 0) is 13.0 Å². The van der Waals surface area contributed by atoms with Crippen LogP contribution in [0.5, 0.6) is 0 Å². The molecule has 1 aromatic heterocycles. The fourth-order valence-electron chi connectivity index (χ4n) is 4.21. The summed E-state index contributed by atoms with van der Waals surface area (Å²) in [5.74, 6) is 0. The molecule has 2 aromatic carbocycles. The van der Waals surface area contributed by atoms with Gasteiger partial charge in [0.15, 0.2) is 0 Å². The molecule has 124 valence electrons. The number of likely N-dealkylation sites (N-methyl/N-ethyl adjacent to an activating group) is 1. The van der Waals surface area contributed by atoms with Crippen LogP contribution >= 0.6 is 0 Å². The predicted molar refractivity (Wildman–Crippen MR) is 98.6 cm³/mol. The van der Waals surface area contributed by atoms with Gasteiger partial charge < -0.3 is 14.8 Å². The first kappa shape index (κ1) is 15.4. The number of rotatable bonds is 3. The maximum absolute atomic E-state index is 3.61. The highest BCUT2D eigenvalue weighted by Gasteiger charge is 2.33. The van der Waals surface area contributed by atoms with Crippen LogP contribution in [0.1, 0.15) is 22.9 Å². The van der Waals surface area contributed by atoms with E-state index in [2.05, 4.69) is 73.6 Å². The van der Waals surface area contributed by atoms with Gasteiger partial charge in [0.25, 0.3) is 0 Å². The summed E-state index contributed by atoms with van der Waals surface area (Å²) in [5.41, 5.74) is 5.47. The van der Waals surface area contributed by atoms with Crippen molar-refractivity contribution < 1.29 is 9.80 Å². The van der Waals surface area contributed by atoms with Crippen molar-refractivity contribution in [1.82, 2.24) is 4.98 Å². The molecule has 3 aromatic rings. The third kappa shape index (κ3) is 2.74. The van der Waals surface area contributed by atoms with Crippen LogP contribution in [0.3, 0.4) is 0 Å². The average Bonchev–Trinajstić information content (AvgIpc) is 2.94. The van der Waals surface area contributed by atoms with E-state index < -0.39 is 0 Å². The van der Waals surface area contributed by atoms with E-state index in [0.29, 0.717) is 6.04 Å². The molecule has 2 heterocycles. The Bertz CT molecular complexity index is 813.